The van der Waals surface area contributed by atoms with E-state index in [0.717, 1.165) is 11.1 Å². The molecular formula is C15H19NO3. The molecule has 0 aliphatic heterocycles. The van der Waals surface area contributed by atoms with E-state index in [1.54, 1.807) is 19.9 Å². The topological polar surface area (TPSA) is 63.3 Å². The molecule has 1 aliphatic rings. The van der Waals surface area contributed by atoms with Gasteiger partial charge in [0.1, 0.15) is 17.1 Å². The molecule has 102 valence electrons. The number of fused-ring (bicyclic) bond motifs is 1. The first-order valence-electron chi connectivity index (χ1n) is 6.32. The Morgan fingerprint density at radius 1 is 1.37 bits per heavy atom. The highest BCUT2D eigenvalue weighted by atomic mass is 16.5. The Morgan fingerprint density at radius 3 is 2.58 bits per heavy atom. The van der Waals surface area contributed by atoms with Gasteiger partial charge in [-0.25, -0.2) is 0 Å². The third kappa shape index (κ3) is 2.16. The van der Waals surface area contributed by atoms with Crippen molar-refractivity contribution in [2.75, 3.05) is 0 Å². The number of hydrogen-bond donors (Lipinski definition) is 1. The average Bonchev–Trinajstić information content (AvgIpc) is 2.69. The summed E-state index contributed by atoms with van der Waals surface area (Å²) in [6.45, 7) is 9.37. The second-order valence-corrected chi connectivity index (χ2v) is 5.50. The number of carbonyl (C=O) groups excluding carboxylic acids is 1. The first-order chi connectivity index (χ1) is 8.76. The standard InChI is InChI=1S/C15H19NO3/c1-8(2)9(3)6-15(18)7-10(4)13(17)12-11(5)19-16-14(12)15/h7,18H,6H2,1-5H3. The Hall–Kier alpha value is -1.68. The number of rotatable bonds is 2. The van der Waals surface area contributed by atoms with E-state index in [-0.39, 0.29) is 5.78 Å². The Morgan fingerprint density at radius 2 is 2.00 bits per heavy atom. The van der Waals surface area contributed by atoms with Crippen molar-refractivity contribution in [2.45, 2.75) is 46.6 Å². The molecule has 1 atom stereocenters. The summed E-state index contributed by atoms with van der Waals surface area (Å²) in [6, 6.07) is 0. The van der Waals surface area contributed by atoms with Crippen molar-refractivity contribution < 1.29 is 14.4 Å². The Balaban J connectivity index is 2.57. The predicted octanol–water partition coefficient (Wildman–Crippen LogP) is 3.06. The van der Waals surface area contributed by atoms with Crippen LogP contribution in [0.1, 0.15) is 55.9 Å². The molecule has 1 aromatic rings. The number of ketones is 1. The van der Waals surface area contributed by atoms with E-state index in [4.69, 9.17) is 4.52 Å². The zero-order valence-corrected chi connectivity index (χ0v) is 12.0. The average molecular weight is 261 g/mol. The van der Waals surface area contributed by atoms with Crippen LogP contribution in [0.25, 0.3) is 0 Å². The molecule has 0 bridgehead atoms. The first kappa shape index (κ1) is 13.7. The van der Waals surface area contributed by atoms with Gasteiger partial charge >= 0.3 is 0 Å². The predicted molar refractivity (Wildman–Crippen MR) is 71.9 cm³/mol. The van der Waals surface area contributed by atoms with Crippen LogP contribution in [0.5, 0.6) is 0 Å². The number of aliphatic hydroxyl groups is 1. The van der Waals surface area contributed by atoms with E-state index in [1.807, 2.05) is 20.8 Å². The van der Waals surface area contributed by atoms with Gasteiger partial charge in [0, 0.05) is 6.42 Å². The monoisotopic (exact) mass is 261 g/mol. The normalized spacial score (nSPS) is 22.0. The molecule has 0 amide bonds. The Bertz CT molecular complexity index is 603. The van der Waals surface area contributed by atoms with Gasteiger partial charge in [-0.1, -0.05) is 16.3 Å². The van der Waals surface area contributed by atoms with Crippen molar-refractivity contribution in [1.29, 1.82) is 0 Å². The lowest BCUT2D eigenvalue weighted by Crippen LogP contribution is -2.31. The van der Waals surface area contributed by atoms with E-state index >= 15 is 0 Å². The molecule has 1 heterocycles. The van der Waals surface area contributed by atoms with Crippen molar-refractivity contribution in [3.8, 4) is 0 Å². The highest BCUT2D eigenvalue weighted by molar-refractivity contribution is 6.11. The summed E-state index contributed by atoms with van der Waals surface area (Å²) in [5.74, 6) is 0.342. The number of hydrogen-bond acceptors (Lipinski definition) is 4. The number of carbonyl (C=O) groups is 1. The largest absolute Gasteiger partial charge is 0.379 e. The second kappa shape index (κ2) is 4.46. The lowest BCUT2D eigenvalue weighted by molar-refractivity contribution is 0.0731. The van der Waals surface area contributed by atoms with Crippen molar-refractivity contribution >= 4 is 5.78 Å². The molecular weight excluding hydrogens is 242 g/mol. The lowest BCUT2D eigenvalue weighted by Gasteiger charge is -2.28. The lowest BCUT2D eigenvalue weighted by atomic mass is 9.80. The summed E-state index contributed by atoms with van der Waals surface area (Å²) < 4.78 is 5.09. The molecule has 4 nitrogen and oxygen atoms in total. The van der Waals surface area contributed by atoms with Crippen molar-refractivity contribution in [3.05, 3.63) is 39.8 Å². The minimum atomic E-state index is -1.26. The van der Waals surface area contributed by atoms with Crippen LogP contribution in [0.4, 0.5) is 0 Å². The van der Waals surface area contributed by atoms with Crippen molar-refractivity contribution in [1.82, 2.24) is 5.16 Å². The number of nitrogens with zero attached hydrogens (tertiary/aromatic N) is 1. The highest BCUT2D eigenvalue weighted by Gasteiger charge is 2.41. The molecule has 0 saturated heterocycles. The third-order valence-electron chi connectivity index (χ3n) is 3.70. The molecule has 0 aromatic carbocycles. The maximum absolute atomic E-state index is 12.1. The summed E-state index contributed by atoms with van der Waals surface area (Å²) >= 11 is 0. The van der Waals surface area contributed by atoms with Gasteiger partial charge in [-0.2, -0.15) is 0 Å². The molecule has 2 rings (SSSR count). The molecule has 1 aromatic heterocycles. The van der Waals surface area contributed by atoms with Gasteiger partial charge in [0.2, 0.25) is 0 Å². The number of Topliss-reactive ketones (excluding diaryl/α,β-unsaturated/α-hetero) is 1. The third-order valence-corrected chi connectivity index (χ3v) is 3.70. The van der Waals surface area contributed by atoms with Crippen LogP contribution in [-0.2, 0) is 5.60 Å². The van der Waals surface area contributed by atoms with Gasteiger partial charge in [0.25, 0.3) is 0 Å². The summed E-state index contributed by atoms with van der Waals surface area (Å²) in [4.78, 5) is 12.1. The molecule has 1 aliphatic carbocycles. The SMILES string of the molecule is CC1=CC(O)(CC(C)=C(C)C)c2noc(C)c2C1=O. The van der Waals surface area contributed by atoms with Crippen molar-refractivity contribution in [2.24, 2.45) is 0 Å². The fraction of sp³-hybridized carbons (Fsp3) is 0.467. The zero-order valence-electron chi connectivity index (χ0n) is 12.0. The Labute approximate surface area is 112 Å². The van der Waals surface area contributed by atoms with E-state index < -0.39 is 5.60 Å². The van der Waals surface area contributed by atoms with Crippen LogP contribution in [0, 0.1) is 6.92 Å². The van der Waals surface area contributed by atoms with E-state index in [9.17, 15) is 9.90 Å². The summed E-state index contributed by atoms with van der Waals surface area (Å²) in [5.41, 5.74) is 2.24. The van der Waals surface area contributed by atoms with E-state index in [2.05, 4.69) is 5.16 Å². The van der Waals surface area contributed by atoms with Gasteiger partial charge in [-0.05, 0) is 46.3 Å². The van der Waals surface area contributed by atoms with Crippen molar-refractivity contribution in [3.63, 3.8) is 0 Å². The maximum atomic E-state index is 12.1. The van der Waals surface area contributed by atoms with E-state index in [1.165, 1.54) is 0 Å². The van der Waals surface area contributed by atoms with Crippen LogP contribution in [0.3, 0.4) is 0 Å². The molecule has 0 radical (unpaired) electrons. The summed E-state index contributed by atoms with van der Waals surface area (Å²) in [7, 11) is 0. The second-order valence-electron chi connectivity index (χ2n) is 5.50. The number of aryl methyl sites for hydroxylation is 1. The van der Waals surface area contributed by atoms with Crippen LogP contribution in [-0.4, -0.2) is 16.0 Å². The minimum Gasteiger partial charge on any atom is -0.379 e. The summed E-state index contributed by atoms with van der Waals surface area (Å²) in [6.07, 6.45) is 2.00. The smallest absolute Gasteiger partial charge is 0.194 e. The molecule has 4 heteroatoms. The van der Waals surface area contributed by atoms with E-state index in [0.29, 0.717) is 29.0 Å². The minimum absolute atomic E-state index is 0.117. The zero-order chi connectivity index (χ0) is 14.4. The van der Waals surface area contributed by atoms with Crippen LogP contribution < -0.4 is 0 Å². The molecule has 0 saturated carbocycles. The highest BCUT2D eigenvalue weighted by Crippen LogP contribution is 2.38. The maximum Gasteiger partial charge on any atom is 0.194 e. The molecule has 19 heavy (non-hydrogen) atoms. The van der Waals surface area contributed by atoms with Crippen LogP contribution in [0.2, 0.25) is 0 Å². The number of allylic oxidation sites excluding steroid dienone is 2. The molecule has 1 N–H and O–H groups in total. The number of aromatic nitrogens is 1. The van der Waals surface area contributed by atoms with Gasteiger partial charge < -0.3 is 9.63 Å². The van der Waals surface area contributed by atoms with Gasteiger partial charge in [-0.15, -0.1) is 0 Å². The Kier molecular flexibility index (Phi) is 3.22. The van der Waals surface area contributed by atoms with Gasteiger partial charge in [0.05, 0.1) is 5.56 Å². The molecule has 0 fully saturated rings. The first-order valence-corrected chi connectivity index (χ1v) is 6.32. The van der Waals surface area contributed by atoms with Gasteiger partial charge in [-0.3, -0.25) is 4.79 Å². The van der Waals surface area contributed by atoms with Crippen LogP contribution in [0.15, 0.2) is 27.3 Å². The molecule has 0 spiro atoms. The quantitative estimate of drug-likeness (QED) is 0.831. The fourth-order valence-electron chi connectivity index (χ4n) is 2.34. The van der Waals surface area contributed by atoms with Gasteiger partial charge in [0.15, 0.2) is 5.78 Å². The van der Waals surface area contributed by atoms with Crippen LogP contribution >= 0.6 is 0 Å². The fourth-order valence-corrected chi connectivity index (χ4v) is 2.34. The molecule has 1 unspecified atom stereocenters. The summed E-state index contributed by atoms with van der Waals surface area (Å²) in [5, 5.41) is 14.8.